The normalized spacial score (nSPS) is 23.4. The number of hydrogen-bond donors (Lipinski definition) is 0. The molecule has 0 aliphatic carbocycles. The first-order valence-electron chi connectivity index (χ1n) is 7.73. The van der Waals surface area contributed by atoms with Gasteiger partial charge in [-0.15, -0.1) is 0 Å². The molecule has 2 fully saturated rings. The van der Waals surface area contributed by atoms with E-state index in [1.807, 2.05) is 17.0 Å². The summed E-state index contributed by atoms with van der Waals surface area (Å²) >= 11 is 0. The monoisotopic (exact) mass is 311 g/mol. The molecule has 2 amide bonds. The molecule has 0 aromatic carbocycles. The van der Waals surface area contributed by atoms with Crippen LogP contribution < -0.4 is 0 Å². The van der Waals surface area contributed by atoms with Gasteiger partial charge in [0.15, 0.2) is 5.76 Å². The highest BCUT2D eigenvalue weighted by atomic mass is 16.3. The first-order chi connectivity index (χ1) is 11.2. The van der Waals surface area contributed by atoms with Gasteiger partial charge in [0.05, 0.1) is 12.2 Å². The minimum Gasteiger partial charge on any atom is -0.459 e. The lowest BCUT2D eigenvalue weighted by Gasteiger charge is -2.21. The van der Waals surface area contributed by atoms with E-state index in [0.29, 0.717) is 31.9 Å². The van der Waals surface area contributed by atoms with Crippen molar-refractivity contribution in [3.05, 3.63) is 54.2 Å². The van der Waals surface area contributed by atoms with Crippen LogP contribution in [0.3, 0.4) is 0 Å². The first-order valence-corrected chi connectivity index (χ1v) is 7.73. The Kier molecular flexibility index (Phi) is 3.37. The molecule has 4 heterocycles. The zero-order chi connectivity index (χ0) is 15.8. The molecule has 6 nitrogen and oxygen atoms in total. The maximum Gasteiger partial charge on any atom is 0.289 e. The quantitative estimate of drug-likeness (QED) is 0.859. The van der Waals surface area contributed by atoms with E-state index >= 15 is 0 Å². The molecular formula is C17H17N3O3. The van der Waals surface area contributed by atoms with Crippen LogP contribution >= 0.6 is 0 Å². The number of amides is 2. The molecule has 2 aromatic rings. The minimum absolute atomic E-state index is 0.0873. The van der Waals surface area contributed by atoms with Gasteiger partial charge in [0.1, 0.15) is 0 Å². The third-order valence-corrected chi connectivity index (χ3v) is 4.67. The molecule has 0 spiro atoms. The number of carbonyl (C=O) groups excluding carboxylic acids is 2. The Morgan fingerprint density at radius 3 is 2.74 bits per heavy atom. The molecule has 0 bridgehead atoms. The van der Waals surface area contributed by atoms with E-state index in [9.17, 15) is 9.59 Å². The maximum atomic E-state index is 12.6. The molecule has 0 unspecified atom stereocenters. The zero-order valence-electron chi connectivity index (χ0n) is 12.6. The molecule has 4 rings (SSSR count). The van der Waals surface area contributed by atoms with Crippen molar-refractivity contribution < 1.29 is 14.0 Å². The Hall–Kier alpha value is -2.63. The Bertz CT molecular complexity index is 714. The lowest BCUT2D eigenvalue weighted by atomic mass is 10.0. The van der Waals surface area contributed by atoms with Gasteiger partial charge in [-0.3, -0.25) is 14.6 Å². The average Bonchev–Trinajstić information content (AvgIpc) is 3.28. The van der Waals surface area contributed by atoms with Crippen LogP contribution in [0.2, 0.25) is 0 Å². The Labute approximate surface area is 133 Å². The molecule has 0 radical (unpaired) electrons. The van der Waals surface area contributed by atoms with E-state index in [-0.39, 0.29) is 23.7 Å². The summed E-state index contributed by atoms with van der Waals surface area (Å²) in [6.07, 6.45) is 4.96. The predicted molar refractivity (Wildman–Crippen MR) is 81.2 cm³/mol. The van der Waals surface area contributed by atoms with Crippen molar-refractivity contribution in [3.8, 4) is 0 Å². The molecular weight excluding hydrogens is 294 g/mol. The summed E-state index contributed by atoms with van der Waals surface area (Å²) in [5.41, 5.74) is 1.08. The number of pyridine rings is 1. The smallest absolute Gasteiger partial charge is 0.289 e. The van der Waals surface area contributed by atoms with Gasteiger partial charge in [-0.2, -0.15) is 0 Å². The van der Waals surface area contributed by atoms with Crippen LogP contribution in [-0.2, 0) is 11.3 Å². The van der Waals surface area contributed by atoms with Crippen LogP contribution in [0, 0.1) is 11.8 Å². The fourth-order valence-corrected chi connectivity index (χ4v) is 3.52. The number of rotatable bonds is 3. The van der Waals surface area contributed by atoms with E-state index in [1.54, 1.807) is 29.4 Å². The average molecular weight is 311 g/mol. The molecule has 0 saturated carbocycles. The molecule has 2 aliphatic rings. The number of likely N-dealkylation sites (tertiary alicyclic amines) is 2. The largest absolute Gasteiger partial charge is 0.459 e. The molecule has 2 aromatic heterocycles. The van der Waals surface area contributed by atoms with Gasteiger partial charge in [-0.05, 0) is 29.8 Å². The van der Waals surface area contributed by atoms with E-state index < -0.39 is 0 Å². The Balaban J connectivity index is 1.42. The number of carbonyl (C=O) groups is 2. The summed E-state index contributed by atoms with van der Waals surface area (Å²) in [5, 5.41) is 0. The van der Waals surface area contributed by atoms with Crippen molar-refractivity contribution in [2.75, 3.05) is 19.6 Å². The zero-order valence-corrected chi connectivity index (χ0v) is 12.6. The lowest BCUT2D eigenvalue weighted by molar-refractivity contribution is -0.131. The second-order valence-corrected chi connectivity index (χ2v) is 6.13. The van der Waals surface area contributed by atoms with Gasteiger partial charge in [0.25, 0.3) is 5.91 Å². The first kappa shape index (κ1) is 14.0. The molecule has 118 valence electrons. The van der Waals surface area contributed by atoms with Gasteiger partial charge >= 0.3 is 0 Å². The van der Waals surface area contributed by atoms with E-state index in [1.165, 1.54) is 6.26 Å². The number of fused-ring (bicyclic) bond motifs is 1. The van der Waals surface area contributed by atoms with Gasteiger partial charge in [0, 0.05) is 44.5 Å². The summed E-state index contributed by atoms with van der Waals surface area (Å²) in [4.78, 5) is 32.5. The highest BCUT2D eigenvalue weighted by Gasteiger charge is 2.47. The molecule has 6 heteroatoms. The van der Waals surface area contributed by atoms with Crippen LogP contribution in [0.5, 0.6) is 0 Å². The number of nitrogens with zero attached hydrogens (tertiary/aromatic N) is 3. The third-order valence-electron chi connectivity index (χ3n) is 4.67. The summed E-state index contributed by atoms with van der Waals surface area (Å²) < 4.78 is 5.16. The summed E-state index contributed by atoms with van der Waals surface area (Å²) in [5.74, 6) is 0.476. The van der Waals surface area contributed by atoms with Gasteiger partial charge < -0.3 is 14.2 Å². The highest BCUT2D eigenvalue weighted by Crippen LogP contribution is 2.33. The van der Waals surface area contributed by atoms with Gasteiger partial charge in [0.2, 0.25) is 5.91 Å². The fraction of sp³-hybridized carbons (Fsp3) is 0.353. The van der Waals surface area contributed by atoms with E-state index in [2.05, 4.69) is 4.98 Å². The number of hydrogen-bond acceptors (Lipinski definition) is 4. The van der Waals surface area contributed by atoms with Crippen LogP contribution in [0.15, 0.2) is 47.3 Å². The number of furan rings is 1. The van der Waals surface area contributed by atoms with Crippen molar-refractivity contribution in [1.82, 2.24) is 14.8 Å². The minimum atomic E-state index is -0.127. The highest BCUT2D eigenvalue weighted by molar-refractivity contribution is 5.93. The van der Waals surface area contributed by atoms with Crippen LogP contribution in [0.25, 0.3) is 0 Å². The van der Waals surface area contributed by atoms with Crippen molar-refractivity contribution >= 4 is 11.8 Å². The van der Waals surface area contributed by atoms with Gasteiger partial charge in [-0.25, -0.2) is 0 Å². The molecule has 2 atom stereocenters. The number of aromatic nitrogens is 1. The predicted octanol–water partition coefficient (Wildman–Crippen LogP) is 1.41. The van der Waals surface area contributed by atoms with Crippen LogP contribution in [-0.4, -0.2) is 46.2 Å². The Morgan fingerprint density at radius 2 is 2.04 bits per heavy atom. The Morgan fingerprint density at radius 1 is 1.22 bits per heavy atom. The van der Waals surface area contributed by atoms with Crippen molar-refractivity contribution in [1.29, 1.82) is 0 Å². The van der Waals surface area contributed by atoms with Crippen LogP contribution in [0.4, 0.5) is 0 Å². The lowest BCUT2D eigenvalue weighted by Crippen LogP contribution is -2.35. The second-order valence-electron chi connectivity index (χ2n) is 6.13. The SMILES string of the molecule is O=C(c1ccco1)N1C[C@@H]2CN(Cc3ccncc3)C(=O)[C@@H]2C1. The van der Waals surface area contributed by atoms with E-state index in [0.717, 1.165) is 5.56 Å². The van der Waals surface area contributed by atoms with Gasteiger partial charge in [-0.1, -0.05) is 0 Å². The fourth-order valence-electron chi connectivity index (χ4n) is 3.52. The maximum absolute atomic E-state index is 12.6. The molecule has 23 heavy (non-hydrogen) atoms. The standard InChI is InChI=1S/C17H17N3O3/c21-16-14-11-20(17(22)15-2-1-7-23-15)10-13(14)9-19(16)8-12-3-5-18-6-4-12/h1-7,13-14H,8-11H2/t13-,14+/m0/s1. The summed E-state index contributed by atoms with van der Waals surface area (Å²) in [6.45, 7) is 2.41. The topological polar surface area (TPSA) is 66.7 Å². The molecule has 2 aliphatic heterocycles. The second kappa shape index (κ2) is 5.53. The summed E-state index contributed by atoms with van der Waals surface area (Å²) in [7, 11) is 0. The van der Waals surface area contributed by atoms with E-state index in [4.69, 9.17) is 4.42 Å². The van der Waals surface area contributed by atoms with Crippen molar-refractivity contribution in [2.24, 2.45) is 11.8 Å². The summed E-state index contributed by atoms with van der Waals surface area (Å²) in [6, 6.07) is 7.21. The van der Waals surface area contributed by atoms with Crippen LogP contribution in [0.1, 0.15) is 16.1 Å². The molecule has 0 N–H and O–H groups in total. The van der Waals surface area contributed by atoms with Crippen molar-refractivity contribution in [2.45, 2.75) is 6.54 Å². The van der Waals surface area contributed by atoms with Crippen molar-refractivity contribution in [3.63, 3.8) is 0 Å². The molecule has 2 saturated heterocycles. The third kappa shape index (κ3) is 2.50.